The smallest absolute Gasteiger partial charge is 0.744 e. The largest absolute Gasteiger partial charge is 1.00 e. The molecule has 0 aliphatic heterocycles. The average Bonchev–Trinajstić information content (AvgIpc) is 3.14. The maximum atomic E-state index is 12.3. The summed E-state index contributed by atoms with van der Waals surface area (Å²) in [6, 6.07) is 11.9. The Hall–Kier alpha value is -3.48. The van der Waals surface area contributed by atoms with Crippen molar-refractivity contribution in [3.8, 4) is 11.5 Å². The van der Waals surface area contributed by atoms with Gasteiger partial charge in [0.25, 0.3) is 0 Å². The Morgan fingerprint density at radius 1 is 0.448 bits per heavy atom. The first-order valence-corrected chi connectivity index (χ1v) is 23.3. The first-order valence-electron chi connectivity index (χ1n) is 16.3. The molecule has 6 N–H and O–H groups in total. The molecule has 0 unspecified atom stereocenters. The summed E-state index contributed by atoms with van der Waals surface area (Å²) >= 11 is 0. The first kappa shape index (κ1) is 61.5. The number of nitrogens with two attached hydrogens (primary N) is 2. The molecule has 0 aromatic heterocycles. The molecule has 324 valence electrons. The van der Waals surface area contributed by atoms with Crippen LogP contribution in [0, 0.1) is 0 Å². The van der Waals surface area contributed by atoms with Crippen LogP contribution in [0.4, 0.5) is 34.1 Å². The van der Waals surface area contributed by atoms with Gasteiger partial charge in [0.1, 0.15) is 62.0 Å². The van der Waals surface area contributed by atoms with Gasteiger partial charge < -0.3 is 44.4 Å². The van der Waals surface area contributed by atoms with Crippen molar-refractivity contribution in [2.75, 3.05) is 11.5 Å². The minimum absolute atomic E-state index is 0. The summed E-state index contributed by atoms with van der Waals surface area (Å²) in [5.41, 5.74) is 7.41. The first-order chi connectivity index (χ1) is 28.5. The van der Waals surface area contributed by atoms with Gasteiger partial charge in [-0.2, -0.15) is 10.2 Å². The van der Waals surface area contributed by atoms with Crippen molar-refractivity contribution in [3.63, 3.8) is 0 Å². The van der Waals surface area contributed by atoms with Crippen molar-refractivity contribution in [2.24, 2.45) is 20.5 Å². The third-order valence-electron chi connectivity index (χ3n) is 8.56. The van der Waals surface area contributed by atoms with E-state index in [-0.39, 0.29) is 111 Å². The molecule has 6 aromatic carbocycles. The van der Waals surface area contributed by atoms with Gasteiger partial charge in [-0.3, -0.25) is 0 Å². The van der Waals surface area contributed by atoms with E-state index in [1.165, 1.54) is 18.2 Å². The van der Waals surface area contributed by atoms with Crippen LogP contribution in [0.2, 0.25) is 0 Å². The summed E-state index contributed by atoms with van der Waals surface area (Å²) in [5, 5.41) is 35.3. The zero-order chi connectivity index (χ0) is 45.9. The minimum atomic E-state index is -5.55. The number of anilines is 2. The fraction of sp³-hybridized carbons (Fsp3) is 0. The van der Waals surface area contributed by atoms with E-state index in [0.29, 0.717) is 30.3 Å². The minimum Gasteiger partial charge on any atom is -0.744 e. The van der Waals surface area contributed by atoms with Gasteiger partial charge in [0, 0.05) is 22.1 Å². The Bertz CT molecular complexity index is 3620. The molecule has 0 bridgehead atoms. The Morgan fingerprint density at radius 3 is 1.28 bits per heavy atom. The number of aromatic hydroxyl groups is 2. The van der Waals surface area contributed by atoms with Crippen molar-refractivity contribution in [2.45, 2.75) is 24.5 Å². The van der Waals surface area contributed by atoms with Crippen LogP contribution in [0.5, 0.6) is 11.5 Å². The fourth-order valence-electron chi connectivity index (χ4n) is 5.84. The van der Waals surface area contributed by atoms with E-state index in [1.807, 2.05) is 0 Å². The number of fused-ring (bicyclic) bond motifs is 2. The maximum absolute atomic E-state index is 12.3. The molecule has 0 saturated carbocycles. The molecule has 6 aromatic rings. The van der Waals surface area contributed by atoms with Crippen molar-refractivity contribution < 1.29 is 169 Å². The predicted octanol–water partition coefficient (Wildman–Crippen LogP) is -10.9. The zero-order valence-corrected chi connectivity index (χ0v) is 39.2. The molecule has 0 aliphatic carbocycles. The molecule has 23 nitrogen and oxygen atoms in total. The third kappa shape index (κ3) is 13.9. The summed E-state index contributed by atoms with van der Waals surface area (Å²) in [6.07, 6.45) is 1.78. The van der Waals surface area contributed by atoms with Gasteiger partial charge in [0.2, 0.25) is 0 Å². The monoisotopic (exact) mass is 980 g/mol. The second kappa shape index (κ2) is 22.5. The number of phenols is 2. The number of hydrogen-bond donors (Lipinski definition) is 4. The molecule has 0 fully saturated rings. The normalized spacial score (nSPS) is 12.3. The number of nitrogens with zero attached hydrogens (tertiary/aromatic N) is 4. The summed E-state index contributed by atoms with van der Waals surface area (Å²) in [7, 11) is -26.8. The van der Waals surface area contributed by atoms with E-state index in [4.69, 9.17) is 11.5 Å². The van der Waals surface area contributed by atoms with Crippen molar-refractivity contribution in [3.05, 3.63) is 90.0 Å². The Kier molecular flexibility index (Phi) is 20.7. The van der Waals surface area contributed by atoms with Gasteiger partial charge in [0.05, 0.1) is 35.9 Å². The number of hydrogen-bond acceptors (Lipinski definition) is 23. The SMILES string of the molecule is Nc1ccc2cc(S(=O)(=O)[O-])c(N=Nc3ccc(/C=C/c4ccc(N=Nc5c(S(=O)(=O)[O-])cc6cc(S(=O)(=O)[O-])cc(N)c6c5O)cc4S(=O)(=O)[O-])c(S(=O)(=O)[O-])c3)c(O)c2c1.[Li+].[Li+].[Li+].[Li+].[Li+]. The molecular weight excluding hydrogens is 959 g/mol. The van der Waals surface area contributed by atoms with Gasteiger partial charge in [-0.05, 0) is 82.6 Å². The summed E-state index contributed by atoms with van der Waals surface area (Å²) in [6.45, 7) is 0. The van der Waals surface area contributed by atoms with Crippen LogP contribution in [0.25, 0.3) is 33.7 Å². The van der Waals surface area contributed by atoms with E-state index < -0.39 is 137 Å². The molecule has 67 heavy (non-hydrogen) atoms. The third-order valence-corrected chi connectivity index (χ3v) is 12.9. The van der Waals surface area contributed by atoms with Gasteiger partial charge in [-0.25, -0.2) is 42.1 Å². The van der Waals surface area contributed by atoms with Gasteiger partial charge >= 0.3 is 94.3 Å². The van der Waals surface area contributed by atoms with E-state index in [2.05, 4.69) is 20.5 Å². The predicted molar refractivity (Wildman–Crippen MR) is 210 cm³/mol. The molecule has 6 rings (SSSR count). The second-order valence-corrected chi connectivity index (χ2v) is 19.5. The van der Waals surface area contributed by atoms with Crippen molar-refractivity contribution in [1.29, 1.82) is 0 Å². The standard InChI is InChI=1S/C34H26N6O17S5.5Li/c35-20-6-3-18-10-28(61(52,53)54)31(33(41)24(18)12-20)39-37-21-7-4-16(26(13-21)59(46,47)48)1-2-17-5-8-22(14-27(17)60(49,50)51)38-40-32-29(62(55,56)57)11-19-9-23(58(43,44)45)15-25(36)30(19)34(32)42;;;;;/h1-15,41-42H,35-36H2,(H,43,44,45)(H,46,47,48)(H,49,50,51)(H,52,53,54)(H,55,56,57);;;;;/q;5*+1/p-5/b2-1+,39-37?,40-38?;;;;;. The number of rotatable bonds is 11. The summed E-state index contributed by atoms with van der Waals surface area (Å²) in [4.78, 5) is -5.26. The summed E-state index contributed by atoms with van der Waals surface area (Å²) in [5.74, 6) is -1.95. The van der Waals surface area contributed by atoms with Crippen molar-refractivity contribution >= 4 is 118 Å². The number of azo groups is 2. The number of benzene rings is 6. The topological polar surface area (TPSA) is 428 Å². The van der Waals surface area contributed by atoms with E-state index in [9.17, 15) is 75.1 Å². The van der Waals surface area contributed by atoms with E-state index in [1.54, 1.807) is 0 Å². The average molecular weight is 981 g/mol. The quantitative estimate of drug-likeness (QED) is 0.0308. The van der Waals surface area contributed by atoms with Crippen LogP contribution in [-0.2, 0) is 50.6 Å². The fourth-order valence-corrected chi connectivity index (χ4v) is 9.06. The van der Waals surface area contributed by atoms with Crippen LogP contribution in [0.15, 0.2) is 124 Å². The molecule has 0 atom stereocenters. The molecule has 0 heterocycles. The van der Waals surface area contributed by atoms with Crippen LogP contribution in [-0.4, -0.2) is 75.1 Å². The molecule has 0 radical (unpaired) electrons. The molecule has 33 heteroatoms. The second-order valence-electron chi connectivity index (χ2n) is 12.7. The van der Waals surface area contributed by atoms with Crippen molar-refractivity contribution in [1.82, 2.24) is 0 Å². The molecular formula is C34H21Li5N6O17S5. The Morgan fingerprint density at radius 2 is 0.866 bits per heavy atom. The van der Waals surface area contributed by atoms with Crippen LogP contribution in [0.1, 0.15) is 11.1 Å². The zero-order valence-electron chi connectivity index (χ0n) is 35.2. The van der Waals surface area contributed by atoms with Crippen LogP contribution >= 0.6 is 0 Å². The molecule has 0 aliphatic rings. The van der Waals surface area contributed by atoms with Gasteiger partial charge in [-0.15, -0.1) is 10.2 Å². The molecule has 0 spiro atoms. The van der Waals surface area contributed by atoms with Gasteiger partial charge in [0.15, 0.2) is 11.5 Å². The molecule has 0 amide bonds. The van der Waals surface area contributed by atoms with E-state index >= 15 is 0 Å². The van der Waals surface area contributed by atoms with Gasteiger partial charge in [-0.1, -0.05) is 30.4 Å². The van der Waals surface area contributed by atoms with E-state index in [0.717, 1.165) is 42.5 Å². The molecule has 0 saturated heterocycles. The number of nitrogen functional groups attached to an aromatic ring is 2. The van der Waals surface area contributed by atoms with Crippen LogP contribution < -0.4 is 106 Å². The summed E-state index contributed by atoms with van der Waals surface area (Å²) < 4.78 is 181. The number of phenolic OH excluding ortho intramolecular Hbond substituents is 2. The van der Waals surface area contributed by atoms with Crippen LogP contribution in [0.3, 0.4) is 0 Å². The Labute approximate surface area is 441 Å². The Balaban J connectivity index is 0.00000449. The maximum Gasteiger partial charge on any atom is 1.00 e.